The molecule has 4 atom stereocenters. The third kappa shape index (κ3) is 5.37. The first kappa shape index (κ1) is 24.4. The minimum Gasteiger partial charge on any atom is -0.480 e. The summed E-state index contributed by atoms with van der Waals surface area (Å²) in [5.41, 5.74) is 1.68. The molecule has 2 fully saturated rings. The summed E-state index contributed by atoms with van der Waals surface area (Å²) in [5, 5.41) is 12.0. The van der Waals surface area contributed by atoms with Crippen molar-refractivity contribution in [2.45, 2.75) is 50.8 Å². The molecule has 1 saturated carbocycles. The van der Waals surface area contributed by atoms with Crippen LogP contribution >= 0.6 is 0 Å². The smallest absolute Gasteiger partial charge is 0.326 e. The van der Waals surface area contributed by atoms with Crippen molar-refractivity contribution in [3.8, 4) is 0 Å². The zero-order valence-electron chi connectivity index (χ0n) is 19.6. The van der Waals surface area contributed by atoms with E-state index in [1.54, 1.807) is 6.92 Å². The molecule has 1 saturated heterocycles. The molecule has 2 N–H and O–H groups in total. The summed E-state index contributed by atoms with van der Waals surface area (Å²) in [6.45, 7) is 1.90. The lowest BCUT2D eigenvalue weighted by molar-refractivity contribution is -0.162. The van der Waals surface area contributed by atoms with Gasteiger partial charge in [0.05, 0.1) is 11.8 Å². The molecule has 4 rings (SSSR count). The highest BCUT2D eigenvalue weighted by Gasteiger charge is 2.44. The predicted octanol–water partition coefficient (Wildman–Crippen LogP) is 2.93. The number of benzene rings is 2. The summed E-state index contributed by atoms with van der Waals surface area (Å²) >= 11 is 0. The summed E-state index contributed by atoms with van der Waals surface area (Å²) in [6.07, 6.45) is 1.49. The first-order chi connectivity index (χ1) is 16.9. The fraction of sp³-hybridized carbons (Fsp3) is 0.407. The van der Waals surface area contributed by atoms with Gasteiger partial charge in [-0.3, -0.25) is 14.4 Å². The number of likely N-dealkylation sites (tertiary alicyclic amines) is 1. The summed E-state index contributed by atoms with van der Waals surface area (Å²) in [6, 6.07) is 17.2. The van der Waals surface area contributed by atoms with Crippen molar-refractivity contribution in [3.63, 3.8) is 0 Å². The Morgan fingerprint density at radius 2 is 1.49 bits per heavy atom. The number of carbonyl (C=O) groups is 4. The monoisotopic (exact) mass is 478 g/mol. The lowest BCUT2D eigenvalue weighted by Gasteiger charge is -2.35. The van der Waals surface area contributed by atoms with Gasteiger partial charge in [0.1, 0.15) is 12.1 Å². The molecule has 2 aromatic rings. The van der Waals surface area contributed by atoms with Gasteiger partial charge in [0, 0.05) is 6.54 Å². The van der Waals surface area contributed by atoms with E-state index in [9.17, 15) is 24.3 Å². The van der Waals surface area contributed by atoms with Crippen LogP contribution < -0.4 is 5.32 Å². The first-order valence-electron chi connectivity index (χ1n) is 12.0. The van der Waals surface area contributed by atoms with Gasteiger partial charge in [-0.05, 0) is 43.7 Å². The van der Waals surface area contributed by atoms with Gasteiger partial charge in [-0.2, -0.15) is 0 Å². The van der Waals surface area contributed by atoms with E-state index in [-0.39, 0.29) is 5.91 Å². The average molecular weight is 479 g/mol. The first-order valence-corrected chi connectivity index (χ1v) is 12.0. The number of hydrogen-bond donors (Lipinski definition) is 2. The maximum Gasteiger partial charge on any atom is 0.326 e. The van der Waals surface area contributed by atoms with Gasteiger partial charge in [-0.1, -0.05) is 60.7 Å². The van der Waals surface area contributed by atoms with Crippen LogP contribution in [-0.4, -0.2) is 52.4 Å². The summed E-state index contributed by atoms with van der Waals surface area (Å²) < 4.78 is 5.92. The normalized spacial score (nSPS) is 22.2. The molecule has 2 aromatic carbocycles. The molecule has 8 heteroatoms. The Balaban J connectivity index is 1.39. The Morgan fingerprint density at radius 3 is 2.00 bits per heavy atom. The van der Waals surface area contributed by atoms with Gasteiger partial charge in [0.25, 0.3) is 0 Å². The van der Waals surface area contributed by atoms with Gasteiger partial charge in [-0.15, -0.1) is 0 Å². The largest absolute Gasteiger partial charge is 0.480 e. The third-order valence-corrected chi connectivity index (χ3v) is 6.90. The number of esters is 1. The number of rotatable bonds is 8. The Kier molecular flexibility index (Phi) is 7.48. The minimum atomic E-state index is -1.04. The standard InChI is InChI=1S/C27H30N2O6/c1-17(25(31)29-16-8-13-22(29)26(32)33)28-24(30)20-14-15-21(20)27(34)35-23(18-9-4-2-5-10-18)19-11-6-3-7-12-19/h2-7,9-12,17,20-23H,8,13-16H2,1H3,(H,28,30)(H,32,33)/t17-,20?,21?,22-/m0/s1. The molecule has 35 heavy (non-hydrogen) atoms. The molecule has 0 radical (unpaired) electrons. The Bertz CT molecular complexity index is 1030. The lowest BCUT2D eigenvalue weighted by atomic mass is 9.73. The van der Waals surface area contributed by atoms with E-state index in [1.165, 1.54) is 4.90 Å². The topological polar surface area (TPSA) is 113 Å². The van der Waals surface area contributed by atoms with Gasteiger partial charge in [0.15, 0.2) is 6.10 Å². The molecule has 1 aliphatic heterocycles. The van der Waals surface area contributed by atoms with Crippen LogP contribution in [0.3, 0.4) is 0 Å². The Labute approximate surface area is 204 Å². The van der Waals surface area contributed by atoms with Crippen LogP contribution in [0.2, 0.25) is 0 Å². The SMILES string of the molecule is C[C@H](NC(=O)C1CCC1C(=O)OC(c1ccccc1)c1ccccc1)C(=O)N1CCC[C@H]1C(=O)O. The zero-order chi connectivity index (χ0) is 24.9. The zero-order valence-corrected chi connectivity index (χ0v) is 19.6. The summed E-state index contributed by atoms with van der Waals surface area (Å²) in [7, 11) is 0. The van der Waals surface area contributed by atoms with Crippen LogP contribution in [0, 0.1) is 11.8 Å². The van der Waals surface area contributed by atoms with Gasteiger partial charge in [-0.25, -0.2) is 4.79 Å². The van der Waals surface area contributed by atoms with E-state index in [0.717, 1.165) is 11.1 Å². The predicted molar refractivity (Wildman–Crippen MR) is 127 cm³/mol. The van der Waals surface area contributed by atoms with Crippen molar-refractivity contribution in [1.82, 2.24) is 10.2 Å². The molecular formula is C27H30N2O6. The molecule has 8 nitrogen and oxygen atoms in total. The number of ether oxygens (including phenoxy) is 1. The molecule has 2 aliphatic rings. The van der Waals surface area contributed by atoms with E-state index in [4.69, 9.17) is 4.74 Å². The highest BCUT2D eigenvalue weighted by atomic mass is 16.5. The lowest BCUT2D eigenvalue weighted by Crippen LogP contribution is -2.53. The highest BCUT2D eigenvalue weighted by molar-refractivity contribution is 5.93. The number of carbonyl (C=O) groups excluding carboxylic acids is 3. The second kappa shape index (κ2) is 10.7. The molecular weight excluding hydrogens is 448 g/mol. The van der Waals surface area contributed by atoms with Crippen LogP contribution in [0.5, 0.6) is 0 Å². The second-order valence-corrected chi connectivity index (χ2v) is 9.19. The molecule has 1 heterocycles. The molecule has 1 aliphatic carbocycles. The van der Waals surface area contributed by atoms with Crippen molar-refractivity contribution in [2.24, 2.45) is 11.8 Å². The van der Waals surface area contributed by atoms with Crippen molar-refractivity contribution in [3.05, 3.63) is 71.8 Å². The number of carboxylic acids is 1. The second-order valence-electron chi connectivity index (χ2n) is 9.19. The molecule has 0 aromatic heterocycles. The number of aliphatic carboxylic acids is 1. The van der Waals surface area contributed by atoms with Crippen LogP contribution in [0.25, 0.3) is 0 Å². The fourth-order valence-electron chi connectivity index (χ4n) is 4.80. The Morgan fingerprint density at radius 1 is 0.914 bits per heavy atom. The Hall–Kier alpha value is -3.68. The number of hydrogen-bond acceptors (Lipinski definition) is 5. The number of nitrogens with one attached hydrogen (secondary N) is 1. The number of carboxylic acid groups (broad SMARTS) is 1. The van der Waals surface area contributed by atoms with Crippen molar-refractivity contribution in [1.29, 1.82) is 0 Å². The molecule has 0 spiro atoms. The van der Waals surface area contributed by atoms with Crippen molar-refractivity contribution >= 4 is 23.8 Å². The van der Waals surface area contributed by atoms with E-state index >= 15 is 0 Å². The van der Waals surface area contributed by atoms with Crippen LogP contribution in [0.4, 0.5) is 0 Å². The third-order valence-electron chi connectivity index (χ3n) is 6.90. The van der Waals surface area contributed by atoms with Crippen molar-refractivity contribution in [2.75, 3.05) is 6.54 Å². The van der Waals surface area contributed by atoms with Gasteiger partial charge < -0.3 is 20.1 Å². The summed E-state index contributed by atoms with van der Waals surface area (Å²) in [4.78, 5) is 51.5. The maximum absolute atomic E-state index is 13.1. The van der Waals surface area contributed by atoms with Gasteiger partial charge >= 0.3 is 11.9 Å². The van der Waals surface area contributed by atoms with Crippen molar-refractivity contribution < 1.29 is 29.0 Å². The molecule has 184 valence electrons. The minimum absolute atomic E-state index is 0.356. The quantitative estimate of drug-likeness (QED) is 0.564. The van der Waals surface area contributed by atoms with Crippen LogP contribution in [0.1, 0.15) is 49.8 Å². The fourth-order valence-corrected chi connectivity index (χ4v) is 4.80. The summed E-state index contributed by atoms with van der Waals surface area (Å²) in [5.74, 6) is -3.47. The van der Waals surface area contributed by atoms with E-state index in [1.807, 2.05) is 60.7 Å². The number of nitrogens with zero attached hydrogens (tertiary/aromatic N) is 1. The average Bonchev–Trinajstić information content (AvgIpc) is 3.33. The van der Waals surface area contributed by atoms with Crippen LogP contribution in [0.15, 0.2) is 60.7 Å². The number of amides is 2. The molecule has 2 amide bonds. The van der Waals surface area contributed by atoms with E-state index < -0.39 is 47.9 Å². The molecule has 2 unspecified atom stereocenters. The van der Waals surface area contributed by atoms with E-state index in [2.05, 4.69) is 5.32 Å². The van der Waals surface area contributed by atoms with E-state index in [0.29, 0.717) is 32.2 Å². The highest BCUT2D eigenvalue weighted by Crippen LogP contribution is 2.38. The van der Waals surface area contributed by atoms with Gasteiger partial charge in [0.2, 0.25) is 11.8 Å². The van der Waals surface area contributed by atoms with Crippen LogP contribution in [-0.2, 0) is 23.9 Å². The molecule has 0 bridgehead atoms. The maximum atomic E-state index is 13.1.